The molecule has 3 rings (SSSR count). The van der Waals surface area contributed by atoms with Gasteiger partial charge in [-0.25, -0.2) is 4.98 Å². The summed E-state index contributed by atoms with van der Waals surface area (Å²) in [6, 6.07) is 8.16. The number of likely N-dealkylation sites (tertiary alicyclic amines) is 1. The molecule has 4 heteroatoms. The standard InChI is InChI=1S/C16H20N2OS/c1-12-5-4-10-18(11-12)16(19)9-8-15-17-13-6-2-3-7-14(13)20-15/h2-3,6-7,12H,4-5,8-11H2,1H3/t12-/m0/s1. The number of aryl methyl sites for hydroxylation is 1. The van der Waals surface area contributed by atoms with Crippen LogP contribution in [0.4, 0.5) is 0 Å². The molecule has 106 valence electrons. The van der Waals surface area contributed by atoms with Crippen molar-refractivity contribution in [3.05, 3.63) is 29.3 Å². The van der Waals surface area contributed by atoms with E-state index in [-0.39, 0.29) is 5.91 Å². The Hall–Kier alpha value is -1.42. The second-order valence-electron chi connectivity index (χ2n) is 5.66. The zero-order valence-electron chi connectivity index (χ0n) is 11.8. The highest BCUT2D eigenvalue weighted by Gasteiger charge is 2.20. The Morgan fingerprint density at radius 3 is 3.10 bits per heavy atom. The smallest absolute Gasteiger partial charge is 0.222 e. The molecule has 20 heavy (non-hydrogen) atoms. The van der Waals surface area contributed by atoms with Crippen molar-refractivity contribution in [2.45, 2.75) is 32.6 Å². The van der Waals surface area contributed by atoms with E-state index in [2.05, 4.69) is 18.0 Å². The highest BCUT2D eigenvalue weighted by molar-refractivity contribution is 7.18. The van der Waals surface area contributed by atoms with Crippen molar-refractivity contribution < 1.29 is 4.79 Å². The number of piperidine rings is 1. The number of nitrogens with zero attached hydrogens (tertiary/aromatic N) is 2. The number of hydrogen-bond acceptors (Lipinski definition) is 3. The number of para-hydroxylation sites is 1. The Kier molecular flexibility index (Phi) is 4.01. The van der Waals surface area contributed by atoms with Crippen molar-refractivity contribution >= 4 is 27.5 Å². The first-order valence-electron chi connectivity index (χ1n) is 7.34. The molecular weight excluding hydrogens is 268 g/mol. The largest absolute Gasteiger partial charge is 0.342 e. The maximum absolute atomic E-state index is 12.2. The minimum absolute atomic E-state index is 0.288. The highest BCUT2D eigenvalue weighted by Crippen LogP contribution is 2.23. The molecule has 0 spiro atoms. The first-order valence-corrected chi connectivity index (χ1v) is 8.16. The number of amides is 1. The van der Waals surface area contributed by atoms with Crippen molar-refractivity contribution in [3.63, 3.8) is 0 Å². The molecular formula is C16H20N2OS. The van der Waals surface area contributed by atoms with E-state index in [0.717, 1.165) is 36.5 Å². The molecule has 2 aromatic rings. The molecule has 0 radical (unpaired) electrons. The summed E-state index contributed by atoms with van der Waals surface area (Å²) in [5.74, 6) is 0.936. The van der Waals surface area contributed by atoms with Gasteiger partial charge in [-0.2, -0.15) is 0 Å². The lowest BCUT2D eigenvalue weighted by molar-refractivity contribution is -0.132. The number of rotatable bonds is 3. The summed E-state index contributed by atoms with van der Waals surface area (Å²) in [6.45, 7) is 4.09. The van der Waals surface area contributed by atoms with E-state index in [0.29, 0.717) is 12.3 Å². The molecule has 1 atom stereocenters. The lowest BCUT2D eigenvalue weighted by Gasteiger charge is -2.30. The Morgan fingerprint density at radius 2 is 2.30 bits per heavy atom. The van der Waals surface area contributed by atoms with Gasteiger partial charge in [-0.1, -0.05) is 19.1 Å². The Bertz CT molecular complexity index is 574. The van der Waals surface area contributed by atoms with Crippen LogP contribution >= 0.6 is 11.3 Å². The number of carbonyl (C=O) groups is 1. The quantitative estimate of drug-likeness (QED) is 0.866. The molecule has 1 fully saturated rings. The van der Waals surface area contributed by atoms with Crippen LogP contribution in [-0.4, -0.2) is 28.9 Å². The van der Waals surface area contributed by atoms with Gasteiger partial charge < -0.3 is 4.90 Å². The zero-order valence-corrected chi connectivity index (χ0v) is 12.7. The fraction of sp³-hybridized carbons (Fsp3) is 0.500. The number of fused-ring (bicyclic) bond motifs is 1. The van der Waals surface area contributed by atoms with Gasteiger partial charge in [-0.3, -0.25) is 4.79 Å². The van der Waals surface area contributed by atoms with Crippen LogP contribution in [0.1, 0.15) is 31.2 Å². The molecule has 0 unspecified atom stereocenters. The maximum Gasteiger partial charge on any atom is 0.222 e. The third-order valence-corrected chi connectivity index (χ3v) is 5.00. The molecule has 1 saturated heterocycles. The average Bonchev–Trinajstić information content (AvgIpc) is 2.87. The fourth-order valence-electron chi connectivity index (χ4n) is 2.81. The monoisotopic (exact) mass is 288 g/mol. The maximum atomic E-state index is 12.2. The molecule has 0 bridgehead atoms. The highest BCUT2D eigenvalue weighted by atomic mass is 32.1. The lowest BCUT2D eigenvalue weighted by Crippen LogP contribution is -2.39. The second-order valence-corrected chi connectivity index (χ2v) is 6.78. The van der Waals surface area contributed by atoms with Crippen molar-refractivity contribution in [3.8, 4) is 0 Å². The third-order valence-electron chi connectivity index (χ3n) is 3.90. The minimum Gasteiger partial charge on any atom is -0.342 e. The number of aromatic nitrogens is 1. The molecule has 1 aliphatic heterocycles. The molecule has 1 aromatic heterocycles. The summed E-state index contributed by atoms with van der Waals surface area (Å²) < 4.78 is 1.21. The summed E-state index contributed by atoms with van der Waals surface area (Å²) >= 11 is 1.70. The van der Waals surface area contributed by atoms with E-state index in [4.69, 9.17) is 0 Å². The van der Waals surface area contributed by atoms with Crippen molar-refractivity contribution in [2.24, 2.45) is 5.92 Å². The van der Waals surface area contributed by atoms with Gasteiger partial charge in [-0.05, 0) is 30.9 Å². The van der Waals surface area contributed by atoms with Crippen LogP contribution in [-0.2, 0) is 11.2 Å². The van der Waals surface area contributed by atoms with Crippen LogP contribution in [0.2, 0.25) is 0 Å². The number of thiazole rings is 1. The van der Waals surface area contributed by atoms with Crippen LogP contribution in [0, 0.1) is 5.92 Å². The molecule has 1 aromatic carbocycles. The molecule has 3 nitrogen and oxygen atoms in total. The molecule has 1 amide bonds. The van der Waals surface area contributed by atoms with E-state index in [9.17, 15) is 4.79 Å². The summed E-state index contributed by atoms with van der Waals surface area (Å²) in [4.78, 5) is 18.9. The van der Waals surface area contributed by atoms with Crippen LogP contribution < -0.4 is 0 Å². The van der Waals surface area contributed by atoms with Gasteiger partial charge in [0.2, 0.25) is 5.91 Å². The first kappa shape index (κ1) is 13.6. The van der Waals surface area contributed by atoms with Crippen molar-refractivity contribution in [1.29, 1.82) is 0 Å². The fourth-order valence-corrected chi connectivity index (χ4v) is 3.78. The lowest BCUT2D eigenvalue weighted by atomic mass is 10.00. The van der Waals surface area contributed by atoms with Gasteiger partial charge in [0.05, 0.1) is 15.2 Å². The van der Waals surface area contributed by atoms with Crippen LogP contribution in [0.3, 0.4) is 0 Å². The summed E-state index contributed by atoms with van der Waals surface area (Å²) in [5.41, 5.74) is 1.05. The van der Waals surface area contributed by atoms with Gasteiger partial charge >= 0.3 is 0 Å². The number of hydrogen-bond donors (Lipinski definition) is 0. The van der Waals surface area contributed by atoms with Crippen molar-refractivity contribution in [1.82, 2.24) is 9.88 Å². The number of benzene rings is 1. The third kappa shape index (κ3) is 3.01. The predicted molar refractivity (Wildman–Crippen MR) is 82.9 cm³/mol. The summed E-state index contributed by atoms with van der Waals surface area (Å²) in [5, 5.41) is 1.07. The predicted octanol–water partition coefficient (Wildman–Crippen LogP) is 3.49. The second kappa shape index (κ2) is 5.92. The van der Waals surface area contributed by atoms with E-state index in [1.807, 2.05) is 23.1 Å². The van der Waals surface area contributed by atoms with Gasteiger partial charge in [-0.15, -0.1) is 11.3 Å². The van der Waals surface area contributed by atoms with Crippen LogP contribution in [0.25, 0.3) is 10.2 Å². The zero-order chi connectivity index (χ0) is 13.9. The van der Waals surface area contributed by atoms with Gasteiger partial charge in [0, 0.05) is 25.9 Å². The Labute approximate surface area is 123 Å². The van der Waals surface area contributed by atoms with E-state index in [1.54, 1.807) is 11.3 Å². The van der Waals surface area contributed by atoms with Crippen molar-refractivity contribution in [2.75, 3.05) is 13.1 Å². The molecule has 1 aliphatic rings. The van der Waals surface area contributed by atoms with Gasteiger partial charge in [0.25, 0.3) is 0 Å². The normalized spacial score (nSPS) is 19.4. The van der Waals surface area contributed by atoms with Gasteiger partial charge in [0.1, 0.15) is 0 Å². The van der Waals surface area contributed by atoms with Crippen LogP contribution in [0.15, 0.2) is 24.3 Å². The Morgan fingerprint density at radius 1 is 1.45 bits per heavy atom. The van der Waals surface area contributed by atoms with Gasteiger partial charge in [0.15, 0.2) is 0 Å². The van der Waals surface area contributed by atoms with Crippen LogP contribution in [0.5, 0.6) is 0 Å². The first-order chi connectivity index (χ1) is 9.72. The van der Waals surface area contributed by atoms with E-state index >= 15 is 0 Å². The molecule has 0 aliphatic carbocycles. The molecule has 2 heterocycles. The summed E-state index contributed by atoms with van der Waals surface area (Å²) in [7, 11) is 0. The molecule has 0 N–H and O–H groups in total. The molecule has 0 saturated carbocycles. The summed E-state index contributed by atoms with van der Waals surface area (Å²) in [6.07, 6.45) is 3.76. The average molecular weight is 288 g/mol. The number of carbonyl (C=O) groups excluding carboxylic acids is 1. The van der Waals surface area contributed by atoms with E-state index in [1.165, 1.54) is 11.1 Å². The SMILES string of the molecule is C[C@H]1CCCN(C(=O)CCc2nc3ccccc3s2)C1. The Balaban J connectivity index is 1.59. The topological polar surface area (TPSA) is 33.2 Å². The van der Waals surface area contributed by atoms with E-state index < -0.39 is 0 Å². The minimum atomic E-state index is 0.288.